The molecule has 1 saturated carbocycles. The number of ether oxygens (including phenoxy) is 4. The predicted octanol–water partition coefficient (Wildman–Crippen LogP) is 4.29. The maximum Gasteiger partial charge on any atom is 0.340 e. The Balaban J connectivity index is 1.48. The average Bonchev–Trinajstić information content (AvgIpc) is 3.23. The van der Waals surface area contributed by atoms with E-state index in [-0.39, 0.29) is 24.0 Å². The molecule has 1 spiro atoms. The van der Waals surface area contributed by atoms with Crippen LogP contribution in [0, 0.1) is 5.82 Å². The molecular weight excluding hydrogens is 389 g/mol. The molecule has 1 aliphatic carbocycles. The summed E-state index contributed by atoms with van der Waals surface area (Å²) < 4.78 is 36.8. The van der Waals surface area contributed by atoms with Crippen LogP contribution in [0.15, 0.2) is 42.5 Å². The highest BCUT2D eigenvalue weighted by molar-refractivity contribution is 5.96. The van der Waals surface area contributed by atoms with Gasteiger partial charge in [0.15, 0.2) is 17.4 Å². The fourth-order valence-corrected chi connectivity index (χ4v) is 4.01. The van der Waals surface area contributed by atoms with Gasteiger partial charge < -0.3 is 24.3 Å². The van der Waals surface area contributed by atoms with E-state index in [4.69, 9.17) is 18.9 Å². The smallest absolute Gasteiger partial charge is 0.340 e. The number of hydrogen-bond donors (Lipinski definition) is 1. The van der Waals surface area contributed by atoms with Gasteiger partial charge in [-0.1, -0.05) is 30.3 Å². The zero-order chi connectivity index (χ0) is 21.0. The number of halogens is 1. The molecule has 0 bridgehead atoms. The average molecular weight is 415 g/mol. The molecule has 0 atom stereocenters. The van der Waals surface area contributed by atoms with E-state index in [0.717, 1.165) is 31.2 Å². The largest absolute Gasteiger partial charge is 0.486 e. The van der Waals surface area contributed by atoms with Gasteiger partial charge in [-0.05, 0) is 24.5 Å². The minimum absolute atomic E-state index is 0.0140. The maximum absolute atomic E-state index is 14.7. The minimum Gasteiger partial charge on any atom is -0.486 e. The summed E-state index contributed by atoms with van der Waals surface area (Å²) in [6.07, 6.45) is 3.13. The summed E-state index contributed by atoms with van der Waals surface area (Å²) in [6, 6.07) is 12.3. The van der Waals surface area contributed by atoms with E-state index in [0.29, 0.717) is 18.9 Å². The van der Waals surface area contributed by atoms with Crippen LogP contribution in [-0.4, -0.2) is 38.1 Å². The standard InChI is InChI=1S/C23H26FNO5/c1-27-22(26)18-13-21(28-15-16-5-3-2-4-6-16)19(24)14-20(18)25-17-7-9-23(10-8-17)29-11-12-30-23/h2-6,13-14,17,25H,7-12,15H2,1H3. The van der Waals surface area contributed by atoms with Gasteiger partial charge in [0.1, 0.15) is 6.61 Å². The molecule has 2 aromatic rings. The lowest BCUT2D eigenvalue weighted by Crippen LogP contribution is -2.39. The first-order chi connectivity index (χ1) is 14.6. The molecule has 0 amide bonds. The van der Waals surface area contributed by atoms with Gasteiger partial charge >= 0.3 is 5.97 Å². The Morgan fingerprint density at radius 1 is 1.17 bits per heavy atom. The Kier molecular flexibility index (Phi) is 6.20. The summed E-state index contributed by atoms with van der Waals surface area (Å²) in [5, 5.41) is 3.31. The molecule has 30 heavy (non-hydrogen) atoms. The molecule has 1 aliphatic heterocycles. The summed E-state index contributed by atoms with van der Waals surface area (Å²) in [4.78, 5) is 12.3. The SMILES string of the molecule is COC(=O)c1cc(OCc2ccccc2)c(F)cc1NC1CCC2(CC1)OCCO2. The van der Waals surface area contributed by atoms with Gasteiger partial charge in [-0.3, -0.25) is 0 Å². The molecule has 2 aromatic carbocycles. The van der Waals surface area contributed by atoms with Gasteiger partial charge in [0.25, 0.3) is 0 Å². The number of carbonyl (C=O) groups excluding carboxylic acids is 1. The Morgan fingerprint density at radius 3 is 2.53 bits per heavy atom. The molecule has 1 saturated heterocycles. The molecule has 2 aliphatic rings. The fraction of sp³-hybridized carbons (Fsp3) is 0.435. The third-order valence-corrected chi connectivity index (χ3v) is 5.64. The van der Waals surface area contributed by atoms with Crippen LogP contribution in [0.3, 0.4) is 0 Å². The van der Waals surface area contributed by atoms with Crippen LogP contribution < -0.4 is 10.1 Å². The Bertz CT molecular complexity index is 873. The van der Waals surface area contributed by atoms with E-state index in [1.54, 1.807) is 0 Å². The summed E-state index contributed by atoms with van der Waals surface area (Å²) in [5.41, 5.74) is 1.56. The first kappa shape index (κ1) is 20.6. The van der Waals surface area contributed by atoms with Crippen molar-refractivity contribution in [1.29, 1.82) is 0 Å². The number of carbonyl (C=O) groups is 1. The monoisotopic (exact) mass is 415 g/mol. The number of rotatable bonds is 6. The van der Waals surface area contributed by atoms with Crippen molar-refractivity contribution in [3.05, 3.63) is 59.4 Å². The van der Waals surface area contributed by atoms with E-state index in [1.165, 1.54) is 19.2 Å². The lowest BCUT2D eigenvalue weighted by atomic mass is 9.89. The number of methoxy groups -OCH3 is 1. The third kappa shape index (κ3) is 4.57. The Morgan fingerprint density at radius 2 is 1.87 bits per heavy atom. The number of benzene rings is 2. The third-order valence-electron chi connectivity index (χ3n) is 5.64. The summed E-state index contributed by atoms with van der Waals surface area (Å²) >= 11 is 0. The zero-order valence-electron chi connectivity index (χ0n) is 17.0. The molecule has 0 radical (unpaired) electrons. The first-order valence-electron chi connectivity index (χ1n) is 10.2. The van der Waals surface area contributed by atoms with Crippen molar-refractivity contribution in [2.45, 2.75) is 44.1 Å². The fourth-order valence-electron chi connectivity index (χ4n) is 4.01. The topological polar surface area (TPSA) is 66.0 Å². The number of hydrogen-bond acceptors (Lipinski definition) is 6. The van der Waals surface area contributed by atoms with Crippen molar-refractivity contribution in [1.82, 2.24) is 0 Å². The highest BCUT2D eigenvalue weighted by atomic mass is 19.1. The van der Waals surface area contributed by atoms with Crippen molar-refractivity contribution in [3.8, 4) is 5.75 Å². The number of anilines is 1. The highest BCUT2D eigenvalue weighted by Crippen LogP contribution is 2.37. The maximum atomic E-state index is 14.7. The molecule has 2 fully saturated rings. The van der Waals surface area contributed by atoms with Crippen molar-refractivity contribution in [2.75, 3.05) is 25.6 Å². The molecule has 6 nitrogen and oxygen atoms in total. The van der Waals surface area contributed by atoms with Crippen LogP contribution in [0.4, 0.5) is 10.1 Å². The van der Waals surface area contributed by atoms with Crippen LogP contribution >= 0.6 is 0 Å². The van der Waals surface area contributed by atoms with Gasteiger partial charge in [-0.25, -0.2) is 9.18 Å². The van der Waals surface area contributed by atoms with Gasteiger partial charge in [-0.15, -0.1) is 0 Å². The lowest BCUT2D eigenvalue weighted by Gasteiger charge is -2.36. The van der Waals surface area contributed by atoms with Crippen LogP contribution in [0.2, 0.25) is 0 Å². The van der Waals surface area contributed by atoms with E-state index < -0.39 is 17.6 Å². The zero-order valence-corrected chi connectivity index (χ0v) is 17.0. The summed E-state index contributed by atoms with van der Waals surface area (Å²) in [7, 11) is 1.30. The number of esters is 1. The van der Waals surface area contributed by atoms with Gasteiger partial charge in [-0.2, -0.15) is 0 Å². The van der Waals surface area contributed by atoms with Crippen LogP contribution in [-0.2, 0) is 20.8 Å². The molecule has 0 aromatic heterocycles. The van der Waals surface area contributed by atoms with Crippen molar-refractivity contribution < 1.29 is 28.1 Å². The van der Waals surface area contributed by atoms with Crippen LogP contribution in [0.25, 0.3) is 0 Å². The Hall–Kier alpha value is -2.64. The first-order valence-corrected chi connectivity index (χ1v) is 10.2. The molecule has 160 valence electrons. The lowest BCUT2D eigenvalue weighted by molar-refractivity contribution is -0.177. The van der Waals surface area contributed by atoms with Gasteiger partial charge in [0.05, 0.1) is 31.6 Å². The van der Waals surface area contributed by atoms with Gasteiger partial charge in [0, 0.05) is 24.9 Å². The normalized spacial score (nSPS) is 18.3. The minimum atomic E-state index is -0.545. The molecule has 4 rings (SSSR count). The van der Waals surface area contributed by atoms with Crippen LogP contribution in [0.5, 0.6) is 5.75 Å². The second kappa shape index (κ2) is 9.02. The predicted molar refractivity (Wildman–Crippen MR) is 109 cm³/mol. The number of nitrogens with one attached hydrogen (secondary N) is 1. The second-order valence-corrected chi connectivity index (χ2v) is 7.62. The van der Waals surface area contributed by atoms with Crippen molar-refractivity contribution in [3.63, 3.8) is 0 Å². The summed E-state index contributed by atoms with van der Waals surface area (Å²) in [6.45, 7) is 1.45. The van der Waals surface area contributed by atoms with Gasteiger partial charge in [0.2, 0.25) is 0 Å². The van der Waals surface area contributed by atoms with E-state index in [9.17, 15) is 9.18 Å². The molecule has 1 heterocycles. The van der Waals surface area contributed by atoms with Crippen molar-refractivity contribution in [2.24, 2.45) is 0 Å². The van der Waals surface area contributed by atoms with Crippen molar-refractivity contribution >= 4 is 11.7 Å². The second-order valence-electron chi connectivity index (χ2n) is 7.62. The summed E-state index contributed by atoms with van der Waals surface area (Å²) in [5.74, 6) is -1.53. The molecule has 1 N–H and O–H groups in total. The van der Waals surface area contributed by atoms with E-state index in [2.05, 4.69) is 5.32 Å². The Labute approximate surface area is 175 Å². The van der Waals surface area contributed by atoms with Crippen LogP contribution in [0.1, 0.15) is 41.6 Å². The molecule has 0 unspecified atom stereocenters. The quantitative estimate of drug-likeness (QED) is 0.710. The van der Waals surface area contributed by atoms with E-state index in [1.807, 2.05) is 30.3 Å². The highest BCUT2D eigenvalue weighted by Gasteiger charge is 2.40. The van der Waals surface area contributed by atoms with E-state index >= 15 is 0 Å². The molecular formula is C23H26FNO5. The molecule has 7 heteroatoms.